The van der Waals surface area contributed by atoms with Crippen molar-refractivity contribution in [3.63, 3.8) is 0 Å². The number of aromatic nitrogens is 4. The van der Waals surface area contributed by atoms with Crippen molar-refractivity contribution in [1.82, 2.24) is 19.9 Å². The number of hydrogen-bond acceptors (Lipinski definition) is 4. The lowest BCUT2D eigenvalue weighted by Gasteiger charge is -2.34. The number of nitrogens with zero attached hydrogens (tertiary/aromatic N) is 4. The fraction of sp³-hybridized carbons (Fsp3) is 0.0118. The van der Waals surface area contributed by atoms with Gasteiger partial charge in [0.05, 0.1) is 50.3 Å². The molecule has 0 unspecified atom stereocenters. The van der Waals surface area contributed by atoms with Crippen molar-refractivity contribution in [2.45, 2.75) is 5.41 Å². The molecule has 12 aromatic carbocycles. The van der Waals surface area contributed by atoms with Gasteiger partial charge in [0, 0.05) is 43.8 Å². The first-order chi connectivity index (χ1) is 44.1. The molecule has 0 bridgehead atoms. The standard InChI is InChI=1S/C85H54N4/c1-7-25-55(26-8-1)71-51-77(59-33-15-5-16-34-59)86-81-67(71)45-47-69-73(57-29-11-3-12-30-57)53-79(88-83(69)81)61-37-23-39-63(49-61)85(75-43-21-19-41-65(75)66-42-20-22-44-76(66)85)64-40-24-38-62(50-64)80-54-74(58-31-13-4-14-32-58)70-48-46-68-72(56-27-9-2-10-28-56)52-78(60-35-17-6-18-36-60)87-82(68)84(70)89-80/h1-54H. The van der Waals surface area contributed by atoms with Gasteiger partial charge in [0.2, 0.25) is 0 Å². The highest BCUT2D eigenvalue weighted by Gasteiger charge is 2.46. The maximum Gasteiger partial charge on any atom is 0.0978 e. The number of hydrogen-bond donors (Lipinski definition) is 0. The zero-order valence-corrected chi connectivity index (χ0v) is 48.5. The van der Waals surface area contributed by atoms with E-state index in [1.54, 1.807) is 0 Å². The quantitative estimate of drug-likeness (QED) is 0.128. The van der Waals surface area contributed by atoms with Gasteiger partial charge in [0.25, 0.3) is 0 Å². The lowest BCUT2D eigenvalue weighted by Crippen LogP contribution is -2.28. The Morgan fingerprint density at radius 2 is 0.427 bits per heavy atom. The summed E-state index contributed by atoms with van der Waals surface area (Å²) < 4.78 is 0. The summed E-state index contributed by atoms with van der Waals surface area (Å²) in [5, 5.41) is 4.19. The van der Waals surface area contributed by atoms with E-state index in [1.807, 2.05) is 0 Å². The predicted octanol–water partition coefficient (Wildman–Crippen LogP) is 21.6. The third-order valence-electron chi connectivity index (χ3n) is 18.1. The molecule has 89 heavy (non-hydrogen) atoms. The normalized spacial score (nSPS) is 12.4. The van der Waals surface area contributed by atoms with Crippen LogP contribution in [0.5, 0.6) is 0 Å². The van der Waals surface area contributed by atoms with Crippen LogP contribution in [0.1, 0.15) is 22.3 Å². The van der Waals surface area contributed by atoms with Crippen LogP contribution >= 0.6 is 0 Å². The van der Waals surface area contributed by atoms with Crippen LogP contribution in [0, 0.1) is 0 Å². The van der Waals surface area contributed by atoms with Crippen LogP contribution in [-0.4, -0.2) is 19.9 Å². The zero-order chi connectivity index (χ0) is 58.8. The van der Waals surface area contributed by atoms with Gasteiger partial charge < -0.3 is 0 Å². The highest BCUT2D eigenvalue weighted by molar-refractivity contribution is 6.15. The minimum absolute atomic E-state index is 0.760. The highest BCUT2D eigenvalue weighted by atomic mass is 14.8. The summed E-state index contributed by atoms with van der Waals surface area (Å²) >= 11 is 0. The summed E-state index contributed by atoms with van der Waals surface area (Å²) in [4.78, 5) is 22.7. The Morgan fingerprint density at radius 3 is 0.730 bits per heavy atom. The van der Waals surface area contributed by atoms with E-state index in [0.29, 0.717) is 0 Å². The summed E-state index contributed by atoms with van der Waals surface area (Å²) in [6.45, 7) is 0. The van der Waals surface area contributed by atoms with Crippen LogP contribution in [0.4, 0.5) is 0 Å². The van der Waals surface area contributed by atoms with Crippen LogP contribution in [0.15, 0.2) is 328 Å². The molecule has 0 spiro atoms. The Kier molecular flexibility index (Phi) is 12.4. The first-order valence-electron chi connectivity index (χ1n) is 30.4. The van der Waals surface area contributed by atoms with E-state index in [9.17, 15) is 0 Å². The molecule has 0 atom stereocenters. The third kappa shape index (κ3) is 8.67. The Balaban J connectivity index is 0.900. The van der Waals surface area contributed by atoms with E-state index >= 15 is 0 Å². The van der Waals surface area contributed by atoms with Crippen LogP contribution < -0.4 is 0 Å². The summed E-state index contributed by atoms with van der Waals surface area (Å²) in [7, 11) is 0. The van der Waals surface area contributed by atoms with Gasteiger partial charge in [0.1, 0.15) is 0 Å². The molecular formula is C85H54N4. The van der Waals surface area contributed by atoms with Crippen molar-refractivity contribution in [2.75, 3.05) is 0 Å². The average Bonchev–Trinajstić information content (AvgIpc) is 1.61. The number of rotatable bonds is 10. The molecule has 4 aromatic heterocycles. The lowest BCUT2D eigenvalue weighted by atomic mass is 9.67. The monoisotopic (exact) mass is 1130 g/mol. The van der Waals surface area contributed by atoms with Gasteiger partial charge in [0.15, 0.2) is 0 Å². The SMILES string of the molecule is c1ccc(-c2cc(-c3ccccc3)c3ccc4c(-c5ccccc5)cc(-c5cccc(C6(c7cccc(-c8cc(-c9ccccc9)c9ccc%10c(-c%11ccccc%11)cc(-c%11ccccc%11)nc%10c9n8)c7)c7ccccc7-c7ccccc76)c5)nc4c3n2)cc1. The number of benzene rings is 12. The van der Waals surface area contributed by atoms with E-state index in [2.05, 4.69) is 328 Å². The molecule has 0 amide bonds. The van der Waals surface area contributed by atoms with Gasteiger partial charge in [-0.25, -0.2) is 19.9 Å². The van der Waals surface area contributed by atoms with E-state index in [4.69, 9.17) is 19.9 Å². The molecule has 0 fully saturated rings. The molecule has 4 heteroatoms. The van der Waals surface area contributed by atoms with Gasteiger partial charge >= 0.3 is 0 Å². The molecule has 0 radical (unpaired) electrons. The first kappa shape index (κ1) is 51.7. The zero-order valence-electron chi connectivity index (χ0n) is 48.5. The van der Waals surface area contributed by atoms with Crippen molar-refractivity contribution in [2.24, 2.45) is 0 Å². The van der Waals surface area contributed by atoms with Gasteiger partial charge in [-0.05, 0) is 114 Å². The Bertz CT molecular complexity index is 5060. The summed E-state index contributed by atoms with van der Waals surface area (Å²) in [5.41, 5.74) is 26.3. The molecule has 0 N–H and O–H groups in total. The van der Waals surface area contributed by atoms with Crippen molar-refractivity contribution >= 4 is 43.6 Å². The van der Waals surface area contributed by atoms with Crippen molar-refractivity contribution < 1.29 is 0 Å². The molecule has 414 valence electrons. The minimum atomic E-state index is -0.760. The van der Waals surface area contributed by atoms with Gasteiger partial charge in [-0.2, -0.15) is 0 Å². The van der Waals surface area contributed by atoms with Crippen LogP contribution in [0.2, 0.25) is 0 Å². The number of pyridine rings is 4. The van der Waals surface area contributed by atoms with Crippen molar-refractivity contribution in [1.29, 1.82) is 0 Å². The fourth-order valence-corrected chi connectivity index (χ4v) is 14.0. The van der Waals surface area contributed by atoms with E-state index in [1.165, 1.54) is 22.3 Å². The molecule has 0 saturated carbocycles. The van der Waals surface area contributed by atoms with Crippen molar-refractivity contribution in [3.8, 4) is 101 Å². The second kappa shape index (κ2) is 21.4. The lowest BCUT2D eigenvalue weighted by molar-refractivity contribution is 0.769. The summed E-state index contributed by atoms with van der Waals surface area (Å²) in [5.74, 6) is 0. The summed E-state index contributed by atoms with van der Waals surface area (Å²) in [6.07, 6.45) is 0. The van der Waals surface area contributed by atoms with Crippen LogP contribution in [0.25, 0.3) is 144 Å². The molecule has 1 aliphatic carbocycles. The molecule has 17 rings (SSSR count). The first-order valence-corrected chi connectivity index (χ1v) is 30.4. The van der Waals surface area contributed by atoms with E-state index in [-0.39, 0.29) is 0 Å². The van der Waals surface area contributed by atoms with Gasteiger partial charge in [-0.1, -0.05) is 291 Å². The number of fused-ring (bicyclic) bond motifs is 9. The second-order valence-corrected chi connectivity index (χ2v) is 23.1. The fourth-order valence-electron chi connectivity index (χ4n) is 14.0. The predicted molar refractivity (Wildman–Crippen MR) is 368 cm³/mol. The van der Waals surface area contributed by atoms with Gasteiger partial charge in [-0.3, -0.25) is 0 Å². The molecule has 16 aromatic rings. The Labute approximate surface area is 516 Å². The van der Waals surface area contributed by atoms with E-state index < -0.39 is 5.41 Å². The maximum atomic E-state index is 5.78. The molecule has 0 aliphatic heterocycles. The molecule has 1 aliphatic rings. The highest BCUT2D eigenvalue weighted by Crippen LogP contribution is 2.57. The average molecular weight is 1130 g/mol. The Morgan fingerprint density at radius 1 is 0.180 bits per heavy atom. The van der Waals surface area contributed by atoms with Gasteiger partial charge in [-0.15, -0.1) is 0 Å². The van der Waals surface area contributed by atoms with E-state index in [0.717, 1.165) is 144 Å². The second-order valence-electron chi connectivity index (χ2n) is 23.1. The smallest absolute Gasteiger partial charge is 0.0978 e. The van der Waals surface area contributed by atoms with Crippen LogP contribution in [-0.2, 0) is 5.41 Å². The molecule has 0 saturated heterocycles. The Hall–Kier alpha value is -11.7. The topological polar surface area (TPSA) is 51.6 Å². The third-order valence-corrected chi connectivity index (χ3v) is 18.1. The summed E-state index contributed by atoms with van der Waals surface area (Å²) in [6, 6.07) is 118. The maximum absolute atomic E-state index is 5.78. The molecule has 4 nitrogen and oxygen atoms in total. The molecular weight excluding hydrogens is 1080 g/mol. The largest absolute Gasteiger partial charge is 0.245 e. The molecule has 4 heterocycles. The van der Waals surface area contributed by atoms with Crippen LogP contribution in [0.3, 0.4) is 0 Å². The van der Waals surface area contributed by atoms with Crippen molar-refractivity contribution in [3.05, 3.63) is 350 Å². The minimum Gasteiger partial charge on any atom is -0.245 e.